The highest BCUT2D eigenvalue weighted by Crippen LogP contribution is 2.07. The SMILES string of the molecule is CCOCCOCc1cccc(CNC(=NC)NCCN(C(C)C)C(C)C)c1. The number of benzene rings is 1. The molecule has 6 heteroatoms. The number of hydrogen-bond donors (Lipinski definition) is 2. The molecule has 0 unspecified atom stereocenters. The van der Waals surface area contributed by atoms with Gasteiger partial charge < -0.3 is 20.1 Å². The van der Waals surface area contributed by atoms with Crippen LogP contribution >= 0.6 is 0 Å². The molecule has 0 atom stereocenters. The molecule has 0 aliphatic carbocycles. The van der Waals surface area contributed by atoms with Gasteiger partial charge in [0.25, 0.3) is 0 Å². The summed E-state index contributed by atoms with van der Waals surface area (Å²) in [6.07, 6.45) is 0. The Bertz CT molecular complexity index is 553. The first-order chi connectivity index (χ1) is 13.5. The van der Waals surface area contributed by atoms with E-state index in [1.54, 1.807) is 7.05 Å². The van der Waals surface area contributed by atoms with Gasteiger partial charge in [-0.1, -0.05) is 24.3 Å². The van der Waals surface area contributed by atoms with Crippen molar-refractivity contribution in [1.29, 1.82) is 0 Å². The van der Waals surface area contributed by atoms with Crippen molar-refractivity contribution in [3.8, 4) is 0 Å². The van der Waals surface area contributed by atoms with Gasteiger partial charge in [0.1, 0.15) is 0 Å². The number of guanidine groups is 1. The van der Waals surface area contributed by atoms with E-state index in [0.717, 1.165) is 32.2 Å². The fraction of sp³-hybridized carbons (Fsp3) is 0.682. The lowest BCUT2D eigenvalue weighted by molar-refractivity contribution is 0.0453. The zero-order valence-electron chi connectivity index (χ0n) is 18.6. The predicted molar refractivity (Wildman–Crippen MR) is 118 cm³/mol. The Balaban J connectivity index is 2.39. The third-order valence-corrected chi connectivity index (χ3v) is 4.51. The summed E-state index contributed by atoms with van der Waals surface area (Å²) in [5, 5.41) is 6.80. The lowest BCUT2D eigenvalue weighted by atomic mass is 10.1. The summed E-state index contributed by atoms with van der Waals surface area (Å²) in [5.74, 6) is 0.825. The standard InChI is InChI=1S/C22H40N4O2/c1-7-27-13-14-28-17-21-10-8-9-20(15-21)16-25-22(23-6)24-11-12-26(18(2)3)19(4)5/h8-10,15,18-19H,7,11-14,16-17H2,1-6H3,(H2,23,24,25). The van der Waals surface area contributed by atoms with E-state index in [4.69, 9.17) is 9.47 Å². The molecule has 0 saturated heterocycles. The number of nitrogens with one attached hydrogen (secondary N) is 2. The van der Waals surface area contributed by atoms with Gasteiger partial charge >= 0.3 is 0 Å². The molecule has 0 heterocycles. The molecule has 6 nitrogen and oxygen atoms in total. The van der Waals surface area contributed by atoms with Crippen molar-refractivity contribution in [2.45, 2.75) is 59.9 Å². The van der Waals surface area contributed by atoms with Crippen LogP contribution in [0.4, 0.5) is 0 Å². The summed E-state index contributed by atoms with van der Waals surface area (Å²) in [6, 6.07) is 9.51. The molecule has 0 bridgehead atoms. The van der Waals surface area contributed by atoms with Crippen LogP contribution in [0, 0.1) is 0 Å². The minimum absolute atomic E-state index is 0.537. The van der Waals surface area contributed by atoms with E-state index in [1.165, 1.54) is 11.1 Å². The second-order valence-corrected chi connectivity index (χ2v) is 7.35. The zero-order valence-corrected chi connectivity index (χ0v) is 18.6. The summed E-state index contributed by atoms with van der Waals surface area (Å²) >= 11 is 0. The third kappa shape index (κ3) is 10.1. The van der Waals surface area contributed by atoms with Gasteiger partial charge in [0, 0.05) is 45.4 Å². The molecule has 1 rings (SSSR count). The number of rotatable bonds is 13. The zero-order chi connectivity index (χ0) is 20.8. The summed E-state index contributed by atoms with van der Waals surface area (Å²) in [6.45, 7) is 16.1. The first kappa shape index (κ1) is 24.4. The molecular formula is C22H40N4O2. The van der Waals surface area contributed by atoms with E-state index >= 15 is 0 Å². The molecule has 0 spiro atoms. The molecule has 0 fully saturated rings. The molecule has 0 aliphatic rings. The largest absolute Gasteiger partial charge is 0.379 e. The van der Waals surface area contributed by atoms with Gasteiger partial charge in [0.2, 0.25) is 0 Å². The van der Waals surface area contributed by atoms with Gasteiger partial charge in [-0.2, -0.15) is 0 Å². The van der Waals surface area contributed by atoms with Crippen molar-refractivity contribution in [1.82, 2.24) is 15.5 Å². The number of nitrogens with zero attached hydrogens (tertiary/aromatic N) is 2. The maximum Gasteiger partial charge on any atom is 0.191 e. The van der Waals surface area contributed by atoms with E-state index in [9.17, 15) is 0 Å². The van der Waals surface area contributed by atoms with E-state index in [2.05, 4.69) is 72.5 Å². The van der Waals surface area contributed by atoms with Crippen LogP contribution in [0.1, 0.15) is 45.7 Å². The normalized spacial score (nSPS) is 12.2. The molecular weight excluding hydrogens is 352 g/mol. The van der Waals surface area contributed by atoms with Gasteiger partial charge in [0.05, 0.1) is 19.8 Å². The first-order valence-electron chi connectivity index (χ1n) is 10.4. The summed E-state index contributed by atoms with van der Waals surface area (Å²) in [7, 11) is 1.81. The Morgan fingerprint density at radius 3 is 2.36 bits per heavy atom. The fourth-order valence-electron chi connectivity index (χ4n) is 3.10. The molecule has 0 saturated carbocycles. The van der Waals surface area contributed by atoms with Gasteiger partial charge in [-0.25, -0.2) is 0 Å². The number of aliphatic imine (C=N–C) groups is 1. The molecule has 1 aromatic carbocycles. The monoisotopic (exact) mass is 392 g/mol. The number of ether oxygens (including phenoxy) is 2. The second-order valence-electron chi connectivity index (χ2n) is 7.35. The smallest absolute Gasteiger partial charge is 0.191 e. The van der Waals surface area contributed by atoms with Crippen molar-refractivity contribution >= 4 is 5.96 Å². The van der Waals surface area contributed by atoms with Crippen molar-refractivity contribution in [2.75, 3.05) is 40.0 Å². The van der Waals surface area contributed by atoms with E-state index in [-0.39, 0.29) is 0 Å². The first-order valence-corrected chi connectivity index (χ1v) is 10.4. The minimum Gasteiger partial charge on any atom is -0.379 e. The van der Waals surface area contributed by atoms with Crippen LogP contribution in [0.2, 0.25) is 0 Å². The minimum atomic E-state index is 0.537. The summed E-state index contributed by atoms with van der Waals surface area (Å²) in [5.41, 5.74) is 2.38. The average molecular weight is 393 g/mol. The van der Waals surface area contributed by atoms with E-state index in [1.807, 2.05) is 6.92 Å². The molecule has 0 aromatic heterocycles. The van der Waals surface area contributed by atoms with Crippen LogP contribution in [-0.4, -0.2) is 62.9 Å². The maximum absolute atomic E-state index is 5.65. The van der Waals surface area contributed by atoms with Crippen molar-refractivity contribution < 1.29 is 9.47 Å². The van der Waals surface area contributed by atoms with Crippen molar-refractivity contribution in [2.24, 2.45) is 4.99 Å². The van der Waals surface area contributed by atoms with Crippen LogP contribution in [0.25, 0.3) is 0 Å². The predicted octanol–water partition coefficient (Wildman–Crippen LogP) is 3.02. The second kappa shape index (κ2) is 14.4. The topological polar surface area (TPSA) is 58.1 Å². The highest BCUT2D eigenvalue weighted by atomic mass is 16.5. The van der Waals surface area contributed by atoms with Crippen molar-refractivity contribution in [3.05, 3.63) is 35.4 Å². The summed E-state index contributed by atoms with van der Waals surface area (Å²) < 4.78 is 10.9. The van der Waals surface area contributed by atoms with Crippen LogP contribution in [0.3, 0.4) is 0 Å². The molecule has 160 valence electrons. The van der Waals surface area contributed by atoms with Crippen molar-refractivity contribution in [3.63, 3.8) is 0 Å². The average Bonchev–Trinajstić information content (AvgIpc) is 2.67. The molecule has 1 aromatic rings. The van der Waals surface area contributed by atoms with Crippen LogP contribution in [0.5, 0.6) is 0 Å². The Labute approximate surface area is 171 Å². The van der Waals surface area contributed by atoms with Crippen LogP contribution < -0.4 is 10.6 Å². The maximum atomic E-state index is 5.65. The molecule has 28 heavy (non-hydrogen) atoms. The van der Waals surface area contributed by atoms with Crippen LogP contribution in [-0.2, 0) is 22.6 Å². The van der Waals surface area contributed by atoms with Gasteiger partial charge in [0.15, 0.2) is 5.96 Å². The summed E-state index contributed by atoms with van der Waals surface area (Å²) in [4.78, 5) is 6.80. The Kier molecular flexibility index (Phi) is 12.5. The Hall–Kier alpha value is -1.63. The van der Waals surface area contributed by atoms with E-state index < -0.39 is 0 Å². The molecule has 0 amide bonds. The number of hydrogen-bond acceptors (Lipinski definition) is 4. The molecule has 0 aliphatic heterocycles. The van der Waals surface area contributed by atoms with Gasteiger partial charge in [-0.15, -0.1) is 0 Å². The Morgan fingerprint density at radius 2 is 1.71 bits per heavy atom. The van der Waals surface area contributed by atoms with E-state index in [0.29, 0.717) is 31.9 Å². The quantitative estimate of drug-likeness (QED) is 0.307. The fourth-order valence-corrected chi connectivity index (χ4v) is 3.10. The van der Waals surface area contributed by atoms with Gasteiger partial charge in [-0.05, 0) is 45.7 Å². The molecule has 2 N–H and O–H groups in total. The highest BCUT2D eigenvalue weighted by Gasteiger charge is 2.12. The van der Waals surface area contributed by atoms with Gasteiger partial charge in [-0.3, -0.25) is 9.89 Å². The lowest BCUT2D eigenvalue weighted by Gasteiger charge is -2.30. The van der Waals surface area contributed by atoms with Crippen LogP contribution in [0.15, 0.2) is 29.3 Å². The Morgan fingerprint density at radius 1 is 1.04 bits per heavy atom. The lowest BCUT2D eigenvalue weighted by Crippen LogP contribution is -2.45. The highest BCUT2D eigenvalue weighted by molar-refractivity contribution is 5.79. The molecule has 0 radical (unpaired) electrons. The third-order valence-electron chi connectivity index (χ3n) is 4.51.